The minimum absolute atomic E-state index is 0.373. The zero-order chi connectivity index (χ0) is 11.4. The van der Waals surface area contributed by atoms with Crippen LogP contribution in [-0.4, -0.2) is 18.2 Å². The molecule has 0 aliphatic carbocycles. The van der Waals surface area contributed by atoms with Crippen LogP contribution < -0.4 is 4.74 Å². The summed E-state index contributed by atoms with van der Waals surface area (Å²) in [6.45, 7) is 0. The predicted octanol–water partition coefficient (Wildman–Crippen LogP) is 3.10. The Bertz CT molecular complexity index is 413. The molecule has 0 heterocycles. The fourth-order valence-electron chi connectivity index (χ4n) is 0.990. The quantitative estimate of drug-likeness (QED) is 0.834. The summed E-state index contributed by atoms with van der Waals surface area (Å²) in [4.78, 5) is 10.3. The van der Waals surface area contributed by atoms with Crippen LogP contribution in [-0.2, 0) is 4.79 Å². The maximum Gasteiger partial charge on any atom is 0.328 e. The summed E-state index contributed by atoms with van der Waals surface area (Å²) in [6, 6.07) is 3.08. The van der Waals surface area contributed by atoms with Crippen molar-refractivity contribution in [2.75, 3.05) is 7.11 Å². The number of carboxylic acids is 1. The van der Waals surface area contributed by atoms with E-state index < -0.39 is 5.97 Å². The zero-order valence-electron chi connectivity index (χ0n) is 7.83. The summed E-state index contributed by atoms with van der Waals surface area (Å²) in [5.41, 5.74) is 0.542. The first-order valence-electron chi connectivity index (χ1n) is 3.98. The highest BCUT2D eigenvalue weighted by molar-refractivity contribution is 6.36. The van der Waals surface area contributed by atoms with Crippen LogP contribution in [0.4, 0.5) is 0 Å². The number of methoxy groups -OCH3 is 1. The molecule has 0 spiro atoms. The van der Waals surface area contributed by atoms with E-state index in [1.807, 2.05) is 0 Å². The van der Waals surface area contributed by atoms with Gasteiger partial charge in [0.2, 0.25) is 0 Å². The van der Waals surface area contributed by atoms with Gasteiger partial charge in [0.05, 0.1) is 12.1 Å². The summed E-state index contributed by atoms with van der Waals surface area (Å²) in [6.07, 6.45) is 2.37. The molecule has 0 radical (unpaired) electrons. The van der Waals surface area contributed by atoms with Crippen LogP contribution in [0.3, 0.4) is 0 Å². The van der Waals surface area contributed by atoms with Crippen molar-refractivity contribution >= 4 is 35.2 Å². The Labute approximate surface area is 96.9 Å². The monoisotopic (exact) mass is 246 g/mol. The Morgan fingerprint density at radius 3 is 2.60 bits per heavy atom. The molecule has 15 heavy (non-hydrogen) atoms. The molecule has 0 fully saturated rings. The van der Waals surface area contributed by atoms with Crippen molar-refractivity contribution in [2.45, 2.75) is 0 Å². The van der Waals surface area contributed by atoms with Gasteiger partial charge < -0.3 is 9.84 Å². The first-order chi connectivity index (χ1) is 7.04. The van der Waals surface area contributed by atoms with Crippen molar-refractivity contribution in [1.29, 1.82) is 0 Å². The van der Waals surface area contributed by atoms with Gasteiger partial charge in [0, 0.05) is 11.1 Å². The number of benzene rings is 1. The van der Waals surface area contributed by atoms with Crippen molar-refractivity contribution in [2.24, 2.45) is 0 Å². The molecule has 0 aromatic heterocycles. The van der Waals surface area contributed by atoms with E-state index in [1.54, 1.807) is 6.07 Å². The average molecular weight is 247 g/mol. The second kappa shape index (κ2) is 5.05. The number of carbonyl (C=O) groups is 1. The first kappa shape index (κ1) is 11.9. The maximum atomic E-state index is 10.3. The lowest BCUT2D eigenvalue weighted by Crippen LogP contribution is -1.88. The molecule has 1 rings (SSSR count). The van der Waals surface area contributed by atoms with Crippen molar-refractivity contribution in [3.05, 3.63) is 33.8 Å². The van der Waals surface area contributed by atoms with Crippen LogP contribution in [0.2, 0.25) is 10.0 Å². The third-order valence-electron chi connectivity index (χ3n) is 1.68. The summed E-state index contributed by atoms with van der Waals surface area (Å²) < 4.78 is 4.98. The maximum absolute atomic E-state index is 10.3. The molecule has 1 aromatic carbocycles. The Kier molecular flexibility index (Phi) is 4.00. The number of carboxylic acid groups (broad SMARTS) is 1. The molecule has 0 saturated heterocycles. The van der Waals surface area contributed by atoms with E-state index >= 15 is 0 Å². The van der Waals surface area contributed by atoms with Crippen LogP contribution in [0, 0.1) is 0 Å². The molecular formula is C10H8Cl2O3. The lowest BCUT2D eigenvalue weighted by molar-refractivity contribution is -0.131. The minimum atomic E-state index is -1.04. The van der Waals surface area contributed by atoms with Crippen molar-refractivity contribution in [3.8, 4) is 5.75 Å². The number of ether oxygens (including phenoxy) is 1. The van der Waals surface area contributed by atoms with Crippen LogP contribution >= 0.6 is 23.2 Å². The highest BCUT2D eigenvalue weighted by Gasteiger charge is 2.05. The Morgan fingerprint density at radius 1 is 1.40 bits per heavy atom. The summed E-state index contributed by atoms with van der Waals surface area (Å²) in [7, 11) is 1.47. The molecule has 1 N–H and O–H groups in total. The van der Waals surface area contributed by atoms with Gasteiger partial charge in [-0.25, -0.2) is 4.79 Å². The molecule has 0 atom stereocenters. The SMILES string of the molecule is COc1cc(/C=C/C(=O)O)c(Cl)cc1Cl. The number of hydrogen-bond donors (Lipinski definition) is 1. The van der Waals surface area contributed by atoms with Gasteiger partial charge in [0.25, 0.3) is 0 Å². The van der Waals surface area contributed by atoms with E-state index in [-0.39, 0.29) is 0 Å². The largest absolute Gasteiger partial charge is 0.495 e. The smallest absolute Gasteiger partial charge is 0.328 e. The molecule has 3 nitrogen and oxygen atoms in total. The number of aliphatic carboxylic acids is 1. The second-order valence-corrected chi connectivity index (χ2v) is 3.49. The second-order valence-electron chi connectivity index (χ2n) is 2.68. The molecule has 0 amide bonds. The van der Waals surface area contributed by atoms with Gasteiger partial charge in [0.15, 0.2) is 0 Å². The van der Waals surface area contributed by atoms with E-state index in [1.165, 1.54) is 19.3 Å². The summed E-state index contributed by atoms with van der Waals surface area (Å²) >= 11 is 11.7. The van der Waals surface area contributed by atoms with Gasteiger partial charge in [-0.1, -0.05) is 23.2 Å². The van der Waals surface area contributed by atoms with Crippen LogP contribution in [0.15, 0.2) is 18.2 Å². The van der Waals surface area contributed by atoms with E-state index in [0.29, 0.717) is 21.4 Å². The predicted molar refractivity (Wildman–Crippen MR) is 59.7 cm³/mol. The highest BCUT2D eigenvalue weighted by Crippen LogP contribution is 2.31. The van der Waals surface area contributed by atoms with E-state index in [2.05, 4.69) is 0 Å². The molecule has 0 bridgehead atoms. The summed E-state index contributed by atoms with van der Waals surface area (Å²) in [5, 5.41) is 9.22. The van der Waals surface area contributed by atoms with E-state index in [9.17, 15) is 4.79 Å². The first-order valence-corrected chi connectivity index (χ1v) is 4.74. The summed E-state index contributed by atoms with van der Waals surface area (Å²) in [5.74, 6) is -0.592. The zero-order valence-corrected chi connectivity index (χ0v) is 9.34. The standard InChI is InChI=1S/C10H8Cl2O3/c1-15-9-4-6(2-3-10(13)14)7(11)5-8(9)12/h2-5H,1H3,(H,13,14)/b3-2+. The van der Waals surface area contributed by atoms with Gasteiger partial charge >= 0.3 is 5.97 Å². The third-order valence-corrected chi connectivity index (χ3v) is 2.30. The van der Waals surface area contributed by atoms with Crippen LogP contribution in [0.1, 0.15) is 5.56 Å². The van der Waals surface area contributed by atoms with Gasteiger partial charge in [-0.2, -0.15) is 0 Å². The topological polar surface area (TPSA) is 46.5 Å². The van der Waals surface area contributed by atoms with Gasteiger partial charge in [0.1, 0.15) is 5.75 Å². The molecule has 0 aliphatic heterocycles. The van der Waals surface area contributed by atoms with Gasteiger partial charge in [-0.3, -0.25) is 0 Å². The van der Waals surface area contributed by atoms with Crippen LogP contribution in [0.25, 0.3) is 6.08 Å². The molecular weight excluding hydrogens is 239 g/mol. The van der Waals surface area contributed by atoms with Gasteiger partial charge in [-0.15, -0.1) is 0 Å². The molecule has 80 valence electrons. The molecule has 0 unspecified atom stereocenters. The number of hydrogen-bond acceptors (Lipinski definition) is 2. The fraction of sp³-hybridized carbons (Fsp3) is 0.100. The van der Waals surface area contributed by atoms with Crippen LogP contribution in [0.5, 0.6) is 5.75 Å². The van der Waals surface area contributed by atoms with Crippen molar-refractivity contribution in [1.82, 2.24) is 0 Å². The lowest BCUT2D eigenvalue weighted by Gasteiger charge is -2.05. The van der Waals surface area contributed by atoms with Gasteiger partial charge in [-0.05, 0) is 23.8 Å². The Hall–Kier alpha value is -1.19. The third kappa shape index (κ3) is 3.15. The van der Waals surface area contributed by atoms with E-state index in [4.69, 9.17) is 33.0 Å². The highest BCUT2D eigenvalue weighted by atomic mass is 35.5. The molecule has 1 aromatic rings. The average Bonchev–Trinajstić information content (AvgIpc) is 2.16. The van der Waals surface area contributed by atoms with E-state index in [0.717, 1.165) is 6.08 Å². The molecule has 0 aliphatic rings. The minimum Gasteiger partial charge on any atom is -0.495 e. The van der Waals surface area contributed by atoms with Crippen molar-refractivity contribution in [3.63, 3.8) is 0 Å². The number of halogens is 2. The van der Waals surface area contributed by atoms with Crippen molar-refractivity contribution < 1.29 is 14.6 Å². The lowest BCUT2D eigenvalue weighted by atomic mass is 10.2. The molecule has 5 heteroatoms. The fourth-order valence-corrected chi connectivity index (χ4v) is 1.51. The molecule has 0 saturated carbocycles. The normalized spacial score (nSPS) is 10.6. The number of rotatable bonds is 3. The Morgan fingerprint density at radius 2 is 2.07 bits per heavy atom. The Balaban J connectivity index is 3.13.